The second-order valence-electron chi connectivity index (χ2n) is 4.96. The van der Waals surface area contributed by atoms with Crippen LogP contribution in [-0.2, 0) is 0 Å². The molecule has 1 atom stereocenters. The maximum atomic E-state index is 12.8. The number of nitrogens with zero attached hydrogens (tertiary/aromatic N) is 1. The SMILES string of the molecule is CCCCCN(C)CCC(N)c1ccc(F)cc1. The molecule has 0 aliphatic heterocycles. The average molecular weight is 252 g/mol. The average Bonchev–Trinajstić information content (AvgIpc) is 2.37. The van der Waals surface area contributed by atoms with Crippen LogP contribution in [-0.4, -0.2) is 25.0 Å². The van der Waals surface area contributed by atoms with Crippen LogP contribution < -0.4 is 5.73 Å². The molecule has 0 aliphatic rings. The maximum Gasteiger partial charge on any atom is 0.123 e. The first-order valence-corrected chi connectivity index (χ1v) is 6.83. The van der Waals surface area contributed by atoms with Gasteiger partial charge >= 0.3 is 0 Å². The lowest BCUT2D eigenvalue weighted by Gasteiger charge is -2.19. The predicted molar refractivity (Wildman–Crippen MR) is 75.0 cm³/mol. The number of hydrogen-bond donors (Lipinski definition) is 1. The topological polar surface area (TPSA) is 29.3 Å². The van der Waals surface area contributed by atoms with Crippen molar-refractivity contribution in [3.05, 3.63) is 35.6 Å². The Morgan fingerprint density at radius 1 is 1.17 bits per heavy atom. The summed E-state index contributed by atoms with van der Waals surface area (Å²) in [5.74, 6) is -0.206. The molecule has 3 heteroatoms. The van der Waals surface area contributed by atoms with E-state index in [0.717, 1.165) is 25.1 Å². The summed E-state index contributed by atoms with van der Waals surface area (Å²) in [6.07, 6.45) is 4.70. The van der Waals surface area contributed by atoms with Crippen molar-refractivity contribution < 1.29 is 4.39 Å². The number of hydrogen-bond acceptors (Lipinski definition) is 2. The molecule has 0 saturated heterocycles. The molecule has 102 valence electrons. The normalized spacial score (nSPS) is 12.9. The van der Waals surface area contributed by atoms with Gasteiger partial charge in [0.15, 0.2) is 0 Å². The molecule has 1 unspecified atom stereocenters. The van der Waals surface area contributed by atoms with Crippen molar-refractivity contribution in [3.63, 3.8) is 0 Å². The van der Waals surface area contributed by atoms with E-state index in [2.05, 4.69) is 18.9 Å². The third-order valence-electron chi connectivity index (χ3n) is 3.26. The Bertz CT molecular complexity index is 324. The molecule has 18 heavy (non-hydrogen) atoms. The van der Waals surface area contributed by atoms with Gasteiger partial charge in [-0.05, 0) is 50.7 Å². The first-order valence-electron chi connectivity index (χ1n) is 6.83. The second-order valence-corrected chi connectivity index (χ2v) is 4.96. The van der Waals surface area contributed by atoms with Crippen molar-refractivity contribution in [3.8, 4) is 0 Å². The van der Waals surface area contributed by atoms with E-state index < -0.39 is 0 Å². The summed E-state index contributed by atoms with van der Waals surface area (Å²) in [5.41, 5.74) is 7.11. The van der Waals surface area contributed by atoms with Crippen LogP contribution in [0.2, 0.25) is 0 Å². The van der Waals surface area contributed by atoms with Crippen LogP contribution in [0.1, 0.15) is 44.2 Å². The van der Waals surface area contributed by atoms with E-state index in [-0.39, 0.29) is 11.9 Å². The molecule has 0 fully saturated rings. The summed E-state index contributed by atoms with van der Waals surface area (Å²) in [6, 6.07) is 6.49. The Morgan fingerprint density at radius 3 is 2.44 bits per heavy atom. The zero-order valence-electron chi connectivity index (χ0n) is 11.5. The lowest BCUT2D eigenvalue weighted by Crippen LogP contribution is -2.24. The lowest BCUT2D eigenvalue weighted by atomic mass is 10.0. The molecule has 0 amide bonds. The van der Waals surface area contributed by atoms with E-state index in [9.17, 15) is 4.39 Å². The highest BCUT2D eigenvalue weighted by Crippen LogP contribution is 2.14. The molecule has 0 aliphatic carbocycles. The van der Waals surface area contributed by atoms with Crippen LogP contribution in [0.3, 0.4) is 0 Å². The van der Waals surface area contributed by atoms with Crippen LogP contribution >= 0.6 is 0 Å². The molecule has 1 rings (SSSR count). The predicted octanol–water partition coefficient (Wildman–Crippen LogP) is 3.34. The van der Waals surface area contributed by atoms with Crippen molar-refractivity contribution in [2.24, 2.45) is 5.73 Å². The summed E-state index contributed by atoms with van der Waals surface area (Å²) >= 11 is 0. The number of rotatable bonds is 8. The minimum absolute atomic E-state index is 0.000717. The van der Waals surface area contributed by atoms with Gasteiger partial charge in [0, 0.05) is 6.04 Å². The Morgan fingerprint density at radius 2 is 1.83 bits per heavy atom. The van der Waals surface area contributed by atoms with Crippen molar-refractivity contribution in [1.29, 1.82) is 0 Å². The fraction of sp³-hybridized carbons (Fsp3) is 0.600. The van der Waals surface area contributed by atoms with Crippen molar-refractivity contribution in [2.45, 2.75) is 38.6 Å². The highest BCUT2D eigenvalue weighted by Gasteiger charge is 2.07. The van der Waals surface area contributed by atoms with Crippen LogP contribution in [0.15, 0.2) is 24.3 Å². The van der Waals surface area contributed by atoms with Gasteiger partial charge in [0.1, 0.15) is 5.82 Å². The lowest BCUT2D eigenvalue weighted by molar-refractivity contribution is 0.311. The van der Waals surface area contributed by atoms with E-state index in [4.69, 9.17) is 5.73 Å². The molecule has 0 bridgehead atoms. The highest BCUT2D eigenvalue weighted by atomic mass is 19.1. The molecule has 0 saturated carbocycles. The summed E-state index contributed by atoms with van der Waals surface area (Å²) < 4.78 is 12.8. The largest absolute Gasteiger partial charge is 0.324 e. The van der Waals surface area contributed by atoms with E-state index in [0.29, 0.717) is 0 Å². The molecule has 0 aromatic heterocycles. The summed E-state index contributed by atoms with van der Waals surface area (Å²) in [5, 5.41) is 0. The maximum absolute atomic E-state index is 12.8. The molecular formula is C15H25FN2. The van der Waals surface area contributed by atoms with Crippen LogP contribution in [0.25, 0.3) is 0 Å². The number of halogens is 1. The number of unbranched alkanes of at least 4 members (excludes halogenated alkanes) is 2. The summed E-state index contributed by atoms with van der Waals surface area (Å²) in [7, 11) is 2.13. The smallest absolute Gasteiger partial charge is 0.123 e. The van der Waals surface area contributed by atoms with Crippen LogP contribution in [0.4, 0.5) is 4.39 Å². The van der Waals surface area contributed by atoms with Gasteiger partial charge in [0.05, 0.1) is 0 Å². The molecule has 2 nitrogen and oxygen atoms in total. The minimum atomic E-state index is -0.206. The molecule has 0 heterocycles. The molecule has 2 N–H and O–H groups in total. The summed E-state index contributed by atoms with van der Waals surface area (Å²) in [4.78, 5) is 2.32. The zero-order chi connectivity index (χ0) is 13.4. The van der Waals surface area contributed by atoms with E-state index >= 15 is 0 Å². The van der Waals surface area contributed by atoms with E-state index in [1.54, 1.807) is 12.1 Å². The fourth-order valence-corrected chi connectivity index (χ4v) is 1.98. The van der Waals surface area contributed by atoms with Gasteiger partial charge in [-0.15, -0.1) is 0 Å². The zero-order valence-corrected chi connectivity index (χ0v) is 11.5. The van der Waals surface area contributed by atoms with Crippen molar-refractivity contribution in [2.75, 3.05) is 20.1 Å². The van der Waals surface area contributed by atoms with Crippen molar-refractivity contribution >= 4 is 0 Å². The third-order valence-corrected chi connectivity index (χ3v) is 3.26. The van der Waals surface area contributed by atoms with Gasteiger partial charge in [0.25, 0.3) is 0 Å². The fourth-order valence-electron chi connectivity index (χ4n) is 1.98. The number of benzene rings is 1. The van der Waals surface area contributed by atoms with Gasteiger partial charge in [-0.25, -0.2) is 4.39 Å². The Balaban J connectivity index is 2.27. The van der Waals surface area contributed by atoms with Gasteiger partial charge in [-0.1, -0.05) is 31.9 Å². The van der Waals surface area contributed by atoms with Gasteiger partial charge in [0.2, 0.25) is 0 Å². The molecule has 1 aromatic rings. The number of nitrogens with two attached hydrogens (primary N) is 1. The van der Waals surface area contributed by atoms with Crippen LogP contribution in [0.5, 0.6) is 0 Å². The van der Waals surface area contributed by atoms with E-state index in [1.807, 2.05) is 0 Å². The molecule has 0 spiro atoms. The van der Waals surface area contributed by atoms with Crippen LogP contribution in [0, 0.1) is 5.82 Å². The monoisotopic (exact) mass is 252 g/mol. The minimum Gasteiger partial charge on any atom is -0.324 e. The standard InChI is InChI=1S/C15H25FN2/c1-3-4-5-11-18(2)12-10-15(17)13-6-8-14(16)9-7-13/h6-9,15H,3-5,10-12,17H2,1-2H3. The highest BCUT2D eigenvalue weighted by molar-refractivity contribution is 5.19. The van der Waals surface area contributed by atoms with Gasteiger partial charge in [-0.2, -0.15) is 0 Å². The molecule has 0 radical (unpaired) electrons. The van der Waals surface area contributed by atoms with Gasteiger partial charge < -0.3 is 10.6 Å². The second kappa shape index (κ2) is 8.22. The molecular weight excluding hydrogens is 227 g/mol. The summed E-state index contributed by atoms with van der Waals surface area (Å²) in [6.45, 7) is 4.33. The quantitative estimate of drug-likeness (QED) is 0.719. The van der Waals surface area contributed by atoms with Gasteiger partial charge in [-0.3, -0.25) is 0 Å². The molecule has 1 aromatic carbocycles. The van der Waals surface area contributed by atoms with Crippen molar-refractivity contribution in [1.82, 2.24) is 4.90 Å². The Labute approximate surface area is 110 Å². The third kappa shape index (κ3) is 5.61. The Kier molecular flexibility index (Phi) is 6.91. The first kappa shape index (κ1) is 15.1. The van der Waals surface area contributed by atoms with E-state index in [1.165, 1.54) is 31.4 Å². The first-order chi connectivity index (χ1) is 8.63. The Hall–Kier alpha value is -0.930.